The van der Waals surface area contributed by atoms with Crippen LogP contribution in [-0.4, -0.2) is 19.6 Å². The Kier molecular flexibility index (Phi) is 5.18. The molecule has 0 radical (unpaired) electrons. The molecule has 2 atom stereocenters. The predicted octanol–water partition coefficient (Wildman–Crippen LogP) is 4.64. The number of hydrogen-bond acceptors (Lipinski definition) is 3. The van der Waals surface area contributed by atoms with Gasteiger partial charge in [0.1, 0.15) is 11.9 Å². The third-order valence-electron chi connectivity index (χ3n) is 5.44. The molecule has 0 unspecified atom stereocenters. The molecule has 1 aliphatic heterocycles. The van der Waals surface area contributed by atoms with E-state index in [1.54, 1.807) is 24.5 Å². The molecular weight excluding hydrogens is 409 g/mol. The van der Waals surface area contributed by atoms with E-state index in [4.69, 9.17) is 12.2 Å². The van der Waals surface area contributed by atoms with Crippen molar-refractivity contribution in [2.45, 2.75) is 18.6 Å². The monoisotopic (exact) mass is 429 g/mol. The zero-order valence-corrected chi connectivity index (χ0v) is 17.4. The first kappa shape index (κ1) is 19.4. The SMILES string of the molecule is Fc1ccccc1N1C(=S)N[C@H](c2ccccn2)[C@@H]1c1cccn1Cc1ccccn1. The highest BCUT2D eigenvalue weighted by molar-refractivity contribution is 7.80. The van der Waals surface area contributed by atoms with Crippen molar-refractivity contribution in [3.8, 4) is 0 Å². The summed E-state index contributed by atoms with van der Waals surface area (Å²) in [5.41, 5.74) is 3.23. The Morgan fingerprint density at radius 3 is 2.42 bits per heavy atom. The van der Waals surface area contributed by atoms with Crippen LogP contribution in [0, 0.1) is 5.82 Å². The summed E-state index contributed by atoms with van der Waals surface area (Å²) in [6, 6.07) is 21.9. The minimum atomic E-state index is -0.318. The summed E-state index contributed by atoms with van der Waals surface area (Å²) in [6.07, 6.45) is 5.56. The molecule has 7 heteroatoms. The van der Waals surface area contributed by atoms with Gasteiger partial charge in [-0.3, -0.25) is 9.97 Å². The summed E-state index contributed by atoms with van der Waals surface area (Å²) in [4.78, 5) is 10.9. The lowest BCUT2D eigenvalue weighted by atomic mass is 10.0. The average molecular weight is 430 g/mol. The molecule has 3 aromatic heterocycles. The van der Waals surface area contributed by atoms with Crippen LogP contribution in [0.3, 0.4) is 0 Å². The average Bonchev–Trinajstić information content (AvgIpc) is 3.39. The van der Waals surface area contributed by atoms with Crippen molar-refractivity contribution in [2.75, 3.05) is 4.90 Å². The van der Waals surface area contributed by atoms with Crippen LogP contribution in [0.4, 0.5) is 10.1 Å². The topological polar surface area (TPSA) is 46.0 Å². The van der Waals surface area contributed by atoms with E-state index in [1.807, 2.05) is 65.7 Å². The molecule has 4 heterocycles. The van der Waals surface area contributed by atoms with E-state index in [2.05, 4.69) is 19.9 Å². The number of aromatic nitrogens is 3. The van der Waals surface area contributed by atoms with Crippen LogP contribution in [0.25, 0.3) is 0 Å². The van der Waals surface area contributed by atoms with Gasteiger partial charge in [0.15, 0.2) is 5.11 Å². The maximum Gasteiger partial charge on any atom is 0.174 e. The Labute approximate surface area is 185 Å². The fourth-order valence-electron chi connectivity index (χ4n) is 4.07. The second-order valence-electron chi connectivity index (χ2n) is 7.33. The number of benzene rings is 1. The molecule has 0 amide bonds. The third kappa shape index (κ3) is 3.68. The number of rotatable bonds is 5. The molecule has 1 N–H and O–H groups in total. The lowest BCUT2D eigenvalue weighted by Gasteiger charge is -2.29. The minimum absolute atomic E-state index is 0.231. The van der Waals surface area contributed by atoms with Crippen LogP contribution >= 0.6 is 12.2 Å². The number of thiocarbonyl (C=S) groups is 1. The van der Waals surface area contributed by atoms with Gasteiger partial charge >= 0.3 is 0 Å². The highest BCUT2D eigenvalue weighted by atomic mass is 32.1. The molecule has 0 saturated carbocycles. The second-order valence-corrected chi connectivity index (χ2v) is 7.72. The van der Waals surface area contributed by atoms with Crippen LogP contribution in [-0.2, 0) is 6.54 Å². The highest BCUT2D eigenvalue weighted by Gasteiger charge is 2.42. The lowest BCUT2D eigenvalue weighted by Crippen LogP contribution is -2.31. The van der Waals surface area contributed by atoms with Gasteiger partial charge in [-0.2, -0.15) is 0 Å². The summed E-state index contributed by atoms with van der Waals surface area (Å²) >= 11 is 5.68. The fourth-order valence-corrected chi connectivity index (χ4v) is 4.41. The van der Waals surface area contributed by atoms with Gasteiger partial charge in [0.05, 0.1) is 29.7 Å². The van der Waals surface area contributed by atoms with Gasteiger partial charge in [0.25, 0.3) is 0 Å². The minimum Gasteiger partial charge on any atom is -0.351 e. The Hall–Kier alpha value is -3.58. The van der Waals surface area contributed by atoms with Crippen LogP contribution in [0.5, 0.6) is 0 Å². The molecule has 5 nitrogen and oxygen atoms in total. The van der Waals surface area contributed by atoms with Gasteiger partial charge in [-0.15, -0.1) is 0 Å². The van der Waals surface area contributed by atoms with E-state index in [-0.39, 0.29) is 17.9 Å². The first-order chi connectivity index (χ1) is 15.2. The summed E-state index contributed by atoms with van der Waals surface area (Å²) in [5.74, 6) is -0.318. The number of nitrogens with one attached hydrogen (secondary N) is 1. The molecule has 1 saturated heterocycles. The van der Waals surface area contributed by atoms with Gasteiger partial charge < -0.3 is 14.8 Å². The number of pyridine rings is 2. The number of nitrogens with zero attached hydrogens (tertiary/aromatic N) is 4. The van der Waals surface area contributed by atoms with Gasteiger partial charge in [-0.05, 0) is 60.7 Å². The molecule has 31 heavy (non-hydrogen) atoms. The summed E-state index contributed by atoms with van der Waals surface area (Å²) in [7, 11) is 0. The second kappa shape index (κ2) is 8.28. The van der Waals surface area contributed by atoms with Gasteiger partial charge in [-0.1, -0.05) is 24.3 Å². The van der Waals surface area contributed by atoms with Crippen LogP contribution < -0.4 is 10.2 Å². The molecule has 1 aliphatic rings. The Morgan fingerprint density at radius 1 is 0.903 bits per heavy atom. The zero-order valence-electron chi connectivity index (χ0n) is 16.6. The van der Waals surface area contributed by atoms with Crippen molar-refractivity contribution in [3.05, 3.63) is 114 Å². The van der Waals surface area contributed by atoms with Crippen molar-refractivity contribution < 1.29 is 4.39 Å². The normalized spacial score (nSPS) is 18.2. The van der Waals surface area contributed by atoms with Crippen molar-refractivity contribution in [1.29, 1.82) is 0 Å². The summed E-state index contributed by atoms with van der Waals surface area (Å²) in [5, 5.41) is 3.84. The first-order valence-electron chi connectivity index (χ1n) is 10.0. The van der Waals surface area contributed by atoms with E-state index in [0.717, 1.165) is 17.1 Å². The quantitative estimate of drug-likeness (QED) is 0.468. The molecule has 0 aliphatic carbocycles. The summed E-state index contributed by atoms with van der Waals surface area (Å²) < 4.78 is 17.0. The van der Waals surface area contributed by atoms with E-state index < -0.39 is 0 Å². The lowest BCUT2D eigenvalue weighted by molar-refractivity contribution is 0.526. The van der Waals surface area contributed by atoms with E-state index in [9.17, 15) is 4.39 Å². The molecule has 4 aromatic rings. The predicted molar refractivity (Wildman–Crippen MR) is 122 cm³/mol. The summed E-state index contributed by atoms with van der Waals surface area (Å²) in [6.45, 7) is 0.604. The van der Waals surface area contributed by atoms with Gasteiger partial charge in [0, 0.05) is 24.3 Å². The maximum absolute atomic E-state index is 14.8. The molecule has 154 valence electrons. The largest absolute Gasteiger partial charge is 0.351 e. The fraction of sp³-hybridized carbons (Fsp3) is 0.125. The molecule has 0 bridgehead atoms. The van der Waals surface area contributed by atoms with Gasteiger partial charge in [-0.25, -0.2) is 4.39 Å². The number of hydrogen-bond donors (Lipinski definition) is 1. The number of para-hydroxylation sites is 1. The van der Waals surface area contributed by atoms with E-state index >= 15 is 0 Å². The van der Waals surface area contributed by atoms with Gasteiger partial charge in [0.2, 0.25) is 0 Å². The van der Waals surface area contributed by atoms with Crippen molar-refractivity contribution in [1.82, 2.24) is 19.9 Å². The Balaban J connectivity index is 1.62. The zero-order chi connectivity index (χ0) is 21.2. The molecule has 1 aromatic carbocycles. The van der Waals surface area contributed by atoms with Crippen LogP contribution in [0.2, 0.25) is 0 Å². The van der Waals surface area contributed by atoms with Crippen LogP contribution in [0.15, 0.2) is 91.4 Å². The standard InChI is InChI=1S/C24H20FN5S/c25-18-9-1-2-11-20(18)30-23(22(28-24(30)31)19-10-4-6-14-27-19)21-12-7-15-29(21)16-17-8-3-5-13-26-17/h1-15,22-23H,16H2,(H,28,31)/t22-,23+/m1/s1. The van der Waals surface area contributed by atoms with Crippen molar-refractivity contribution >= 4 is 23.0 Å². The molecular formula is C24H20FN5S. The highest BCUT2D eigenvalue weighted by Crippen LogP contribution is 2.42. The smallest absolute Gasteiger partial charge is 0.174 e. The van der Waals surface area contributed by atoms with E-state index in [1.165, 1.54) is 6.07 Å². The maximum atomic E-state index is 14.8. The van der Waals surface area contributed by atoms with Crippen LogP contribution in [0.1, 0.15) is 29.2 Å². The molecule has 5 rings (SSSR count). The van der Waals surface area contributed by atoms with Crippen molar-refractivity contribution in [2.24, 2.45) is 0 Å². The first-order valence-corrected chi connectivity index (χ1v) is 10.4. The number of halogens is 1. The Morgan fingerprint density at radius 2 is 1.68 bits per heavy atom. The number of anilines is 1. The van der Waals surface area contributed by atoms with E-state index in [0.29, 0.717) is 17.3 Å². The Bertz CT molecular complexity index is 1190. The molecule has 0 spiro atoms. The third-order valence-corrected chi connectivity index (χ3v) is 5.75. The molecule has 1 fully saturated rings. The van der Waals surface area contributed by atoms with Crippen molar-refractivity contribution in [3.63, 3.8) is 0 Å².